The van der Waals surface area contributed by atoms with Gasteiger partial charge in [0.25, 0.3) is 5.91 Å². The fourth-order valence-electron chi connectivity index (χ4n) is 2.49. The van der Waals surface area contributed by atoms with Crippen LogP contribution in [0.4, 0.5) is 0 Å². The van der Waals surface area contributed by atoms with E-state index in [1.54, 1.807) is 31.2 Å². The molecule has 3 nitrogen and oxygen atoms in total. The molecule has 0 saturated carbocycles. The maximum absolute atomic E-state index is 12.5. The fraction of sp³-hybridized carbons (Fsp3) is 0.350. The molecular weight excluding hydrogens is 322 g/mol. The van der Waals surface area contributed by atoms with Gasteiger partial charge in [-0.05, 0) is 49.1 Å². The fourth-order valence-corrected chi connectivity index (χ4v) is 2.62. The number of amides is 1. The molecule has 0 spiro atoms. The van der Waals surface area contributed by atoms with Crippen LogP contribution in [-0.4, -0.2) is 12.0 Å². The number of hydrogen-bond donors (Lipinski definition) is 1. The molecule has 2 aromatic rings. The highest BCUT2D eigenvalue weighted by atomic mass is 35.5. The lowest BCUT2D eigenvalue weighted by Gasteiger charge is -2.23. The molecule has 2 aromatic carbocycles. The second kappa shape index (κ2) is 8.74. The maximum atomic E-state index is 12.5. The van der Waals surface area contributed by atoms with Crippen molar-refractivity contribution >= 4 is 17.5 Å². The molecule has 24 heavy (non-hydrogen) atoms. The Labute approximate surface area is 149 Å². The molecule has 0 fully saturated rings. The average molecular weight is 346 g/mol. The Morgan fingerprint density at radius 1 is 1.04 bits per heavy atom. The minimum absolute atomic E-state index is 0.0185. The van der Waals surface area contributed by atoms with Crippen LogP contribution < -0.4 is 10.1 Å². The van der Waals surface area contributed by atoms with Crippen molar-refractivity contribution in [2.45, 2.75) is 39.3 Å². The average Bonchev–Trinajstić information content (AvgIpc) is 2.56. The predicted molar refractivity (Wildman–Crippen MR) is 98.3 cm³/mol. The van der Waals surface area contributed by atoms with Crippen molar-refractivity contribution in [1.29, 1.82) is 0 Å². The Balaban J connectivity index is 2.02. The first-order chi connectivity index (χ1) is 11.5. The van der Waals surface area contributed by atoms with Gasteiger partial charge in [0.2, 0.25) is 0 Å². The quantitative estimate of drug-likeness (QED) is 0.765. The number of hydrogen-bond acceptors (Lipinski definition) is 2. The van der Waals surface area contributed by atoms with Gasteiger partial charge in [0, 0.05) is 5.02 Å². The zero-order valence-corrected chi connectivity index (χ0v) is 15.1. The van der Waals surface area contributed by atoms with Crippen molar-refractivity contribution in [3.8, 4) is 5.75 Å². The summed E-state index contributed by atoms with van der Waals surface area (Å²) in [7, 11) is 0. The van der Waals surface area contributed by atoms with Gasteiger partial charge in [-0.1, -0.05) is 55.8 Å². The van der Waals surface area contributed by atoms with Crippen LogP contribution >= 0.6 is 11.6 Å². The summed E-state index contributed by atoms with van der Waals surface area (Å²) in [4.78, 5) is 12.5. The Morgan fingerprint density at radius 2 is 1.67 bits per heavy atom. The van der Waals surface area contributed by atoms with Crippen molar-refractivity contribution in [3.63, 3.8) is 0 Å². The van der Waals surface area contributed by atoms with E-state index in [9.17, 15) is 4.79 Å². The van der Waals surface area contributed by atoms with Crippen molar-refractivity contribution in [2.24, 2.45) is 5.92 Å². The minimum Gasteiger partial charge on any atom is -0.481 e. The van der Waals surface area contributed by atoms with Crippen LogP contribution in [0.1, 0.15) is 38.8 Å². The molecule has 1 N–H and O–H groups in total. The van der Waals surface area contributed by atoms with Gasteiger partial charge >= 0.3 is 0 Å². The third kappa shape index (κ3) is 5.57. The summed E-state index contributed by atoms with van der Waals surface area (Å²) in [6.07, 6.45) is 0.299. The Bertz CT molecular complexity index is 640. The third-order valence-corrected chi connectivity index (χ3v) is 3.97. The van der Waals surface area contributed by atoms with E-state index in [4.69, 9.17) is 16.3 Å². The van der Waals surface area contributed by atoms with E-state index in [2.05, 4.69) is 19.2 Å². The number of halogens is 1. The molecule has 4 heteroatoms. The molecule has 0 aliphatic heterocycles. The maximum Gasteiger partial charge on any atom is 0.261 e. The molecule has 0 saturated heterocycles. The van der Waals surface area contributed by atoms with Gasteiger partial charge in [0.15, 0.2) is 6.10 Å². The highest BCUT2D eigenvalue weighted by Crippen LogP contribution is 2.22. The standard InChI is InChI=1S/C20H24ClNO2/c1-14(2)13-19(16-7-5-4-6-8-16)22-20(23)15(3)24-18-11-9-17(21)10-12-18/h4-12,14-15,19H,13H2,1-3H3,(H,22,23)/t15-,19-/m0/s1. The van der Waals surface area contributed by atoms with Crippen LogP contribution in [0.3, 0.4) is 0 Å². The van der Waals surface area contributed by atoms with E-state index in [1.165, 1.54) is 0 Å². The van der Waals surface area contributed by atoms with Gasteiger partial charge in [-0.2, -0.15) is 0 Å². The number of ether oxygens (including phenoxy) is 1. The van der Waals surface area contributed by atoms with Crippen molar-refractivity contribution in [2.75, 3.05) is 0 Å². The summed E-state index contributed by atoms with van der Waals surface area (Å²) in [6, 6.07) is 17.0. The van der Waals surface area contributed by atoms with Gasteiger partial charge in [-0.25, -0.2) is 0 Å². The van der Waals surface area contributed by atoms with Crippen molar-refractivity contribution in [1.82, 2.24) is 5.32 Å². The van der Waals surface area contributed by atoms with Gasteiger partial charge < -0.3 is 10.1 Å². The van der Waals surface area contributed by atoms with E-state index in [1.807, 2.05) is 30.3 Å². The molecule has 0 aliphatic carbocycles. The molecule has 2 rings (SSSR count). The Morgan fingerprint density at radius 3 is 2.25 bits per heavy atom. The highest BCUT2D eigenvalue weighted by molar-refractivity contribution is 6.30. The van der Waals surface area contributed by atoms with Crippen molar-refractivity contribution in [3.05, 3.63) is 65.2 Å². The van der Waals surface area contributed by atoms with E-state index >= 15 is 0 Å². The first kappa shape index (κ1) is 18.3. The zero-order chi connectivity index (χ0) is 17.5. The van der Waals surface area contributed by atoms with E-state index in [0.29, 0.717) is 16.7 Å². The molecule has 0 unspecified atom stereocenters. The van der Waals surface area contributed by atoms with Crippen LogP contribution in [0.25, 0.3) is 0 Å². The van der Waals surface area contributed by atoms with Crippen LogP contribution in [0.2, 0.25) is 5.02 Å². The normalized spacial score (nSPS) is 13.4. The smallest absolute Gasteiger partial charge is 0.261 e. The second-order valence-electron chi connectivity index (χ2n) is 6.32. The van der Waals surface area contributed by atoms with Crippen LogP contribution in [-0.2, 0) is 4.79 Å². The Kier molecular flexibility index (Phi) is 6.68. The van der Waals surface area contributed by atoms with Gasteiger partial charge in [0.1, 0.15) is 5.75 Å². The summed E-state index contributed by atoms with van der Waals surface area (Å²) in [5.74, 6) is 0.976. The van der Waals surface area contributed by atoms with Gasteiger partial charge in [-0.15, -0.1) is 0 Å². The van der Waals surface area contributed by atoms with Crippen LogP contribution in [0.5, 0.6) is 5.75 Å². The predicted octanol–water partition coefficient (Wildman–Crippen LogP) is 5.01. The summed E-state index contributed by atoms with van der Waals surface area (Å²) in [5, 5.41) is 3.75. The lowest BCUT2D eigenvalue weighted by atomic mass is 9.97. The number of carbonyl (C=O) groups excluding carboxylic acids is 1. The highest BCUT2D eigenvalue weighted by Gasteiger charge is 2.21. The van der Waals surface area contributed by atoms with Gasteiger partial charge in [-0.3, -0.25) is 4.79 Å². The van der Waals surface area contributed by atoms with Crippen LogP contribution in [0.15, 0.2) is 54.6 Å². The number of carbonyl (C=O) groups is 1. The van der Waals surface area contributed by atoms with Crippen molar-refractivity contribution < 1.29 is 9.53 Å². The summed E-state index contributed by atoms with van der Waals surface area (Å²) in [5.41, 5.74) is 1.11. The SMILES string of the molecule is CC(C)C[C@H](NC(=O)[C@H](C)Oc1ccc(Cl)cc1)c1ccccc1. The van der Waals surface area contributed by atoms with Gasteiger partial charge in [0.05, 0.1) is 6.04 Å². The topological polar surface area (TPSA) is 38.3 Å². The molecule has 0 aromatic heterocycles. The lowest BCUT2D eigenvalue weighted by molar-refractivity contribution is -0.128. The summed E-state index contributed by atoms with van der Waals surface area (Å²) < 4.78 is 5.70. The molecule has 0 heterocycles. The van der Waals surface area contributed by atoms with E-state index in [0.717, 1.165) is 12.0 Å². The summed E-state index contributed by atoms with van der Waals surface area (Å²) in [6.45, 7) is 6.05. The second-order valence-corrected chi connectivity index (χ2v) is 6.75. The molecule has 0 bridgehead atoms. The minimum atomic E-state index is -0.579. The van der Waals surface area contributed by atoms with E-state index < -0.39 is 6.10 Å². The summed E-state index contributed by atoms with van der Waals surface area (Å²) >= 11 is 5.86. The number of rotatable bonds is 7. The Hall–Kier alpha value is -2.00. The zero-order valence-electron chi connectivity index (χ0n) is 14.3. The van der Waals surface area contributed by atoms with Crippen LogP contribution in [0, 0.1) is 5.92 Å². The molecule has 0 aliphatic rings. The molecule has 128 valence electrons. The molecular formula is C20H24ClNO2. The molecule has 1 amide bonds. The molecule has 2 atom stereocenters. The third-order valence-electron chi connectivity index (χ3n) is 3.72. The lowest BCUT2D eigenvalue weighted by Crippen LogP contribution is -2.39. The first-order valence-corrected chi connectivity index (χ1v) is 8.61. The number of nitrogens with one attached hydrogen (secondary N) is 1. The number of benzene rings is 2. The molecule has 0 radical (unpaired) electrons. The van der Waals surface area contributed by atoms with E-state index in [-0.39, 0.29) is 11.9 Å². The largest absolute Gasteiger partial charge is 0.481 e. The first-order valence-electron chi connectivity index (χ1n) is 8.23. The monoisotopic (exact) mass is 345 g/mol.